The Morgan fingerprint density at radius 3 is 2.52 bits per heavy atom. The summed E-state index contributed by atoms with van der Waals surface area (Å²) in [6.07, 6.45) is 0.655. The summed E-state index contributed by atoms with van der Waals surface area (Å²) < 4.78 is 18.5. The summed E-state index contributed by atoms with van der Waals surface area (Å²) in [5.74, 6) is 0.726. The summed E-state index contributed by atoms with van der Waals surface area (Å²) in [5.41, 5.74) is 0.893. The maximum absolute atomic E-state index is 13.2. The third kappa shape index (κ3) is 8.03. The van der Waals surface area contributed by atoms with E-state index in [9.17, 15) is 9.18 Å². The van der Waals surface area contributed by atoms with Crippen molar-refractivity contribution < 1.29 is 13.9 Å². The average molecular weight is 568 g/mol. The van der Waals surface area contributed by atoms with Crippen LogP contribution in [0.3, 0.4) is 0 Å². The molecular formula is C21H32ClFIN5O2. The van der Waals surface area contributed by atoms with Gasteiger partial charge in [-0.15, -0.1) is 24.0 Å². The minimum Gasteiger partial charge on any atom is -0.378 e. The molecule has 31 heavy (non-hydrogen) atoms. The van der Waals surface area contributed by atoms with Gasteiger partial charge in [-0.05, 0) is 31.0 Å². The van der Waals surface area contributed by atoms with Crippen molar-refractivity contribution in [2.24, 2.45) is 4.99 Å². The zero-order valence-corrected chi connectivity index (χ0v) is 21.1. The van der Waals surface area contributed by atoms with Gasteiger partial charge < -0.3 is 19.9 Å². The predicted molar refractivity (Wildman–Crippen MR) is 132 cm³/mol. The topological polar surface area (TPSA) is 60.4 Å². The van der Waals surface area contributed by atoms with Crippen molar-refractivity contribution in [3.05, 3.63) is 34.6 Å². The number of rotatable bonds is 6. The highest BCUT2D eigenvalue weighted by Crippen LogP contribution is 2.17. The van der Waals surface area contributed by atoms with Gasteiger partial charge in [0.15, 0.2) is 5.96 Å². The van der Waals surface area contributed by atoms with Gasteiger partial charge in [-0.1, -0.05) is 17.7 Å². The Kier molecular flexibility index (Phi) is 11.3. The first-order chi connectivity index (χ1) is 14.6. The maximum atomic E-state index is 13.2. The van der Waals surface area contributed by atoms with Crippen LogP contribution >= 0.6 is 35.6 Å². The van der Waals surface area contributed by atoms with Crippen molar-refractivity contribution in [3.8, 4) is 0 Å². The number of nitrogens with zero attached hydrogens (tertiary/aromatic N) is 4. The van der Waals surface area contributed by atoms with Crippen molar-refractivity contribution in [2.45, 2.75) is 13.3 Å². The third-order valence-corrected chi connectivity index (χ3v) is 5.74. The monoisotopic (exact) mass is 567 g/mol. The van der Waals surface area contributed by atoms with Gasteiger partial charge >= 0.3 is 0 Å². The molecule has 1 amide bonds. The highest BCUT2D eigenvalue weighted by molar-refractivity contribution is 14.0. The van der Waals surface area contributed by atoms with E-state index < -0.39 is 0 Å². The maximum Gasteiger partial charge on any atom is 0.236 e. The Bertz CT molecular complexity index is 740. The normalized spacial score (nSPS) is 18.0. The van der Waals surface area contributed by atoms with Crippen molar-refractivity contribution in [1.82, 2.24) is 20.0 Å². The lowest BCUT2D eigenvalue weighted by Crippen LogP contribution is -2.55. The first kappa shape index (κ1) is 26.1. The molecule has 3 rings (SSSR count). The van der Waals surface area contributed by atoms with E-state index in [-0.39, 0.29) is 35.7 Å². The van der Waals surface area contributed by atoms with Crippen LogP contribution in [0.2, 0.25) is 5.02 Å². The molecule has 0 saturated carbocycles. The van der Waals surface area contributed by atoms with Gasteiger partial charge in [-0.2, -0.15) is 0 Å². The second kappa shape index (κ2) is 13.4. The molecule has 2 fully saturated rings. The summed E-state index contributed by atoms with van der Waals surface area (Å²) in [7, 11) is 0. The number of amides is 1. The fraction of sp³-hybridized carbons (Fsp3) is 0.619. The first-order valence-electron chi connectivity index (χ1n) is 10.6. The molecule has 2 aliphatic rings. The van der Waals surface area contributed by atoms with Crippen LogP contribution < -0.4 is 5.32 Å². The number of hydrogen-bond donors (Lipinski definition) is 1. The van der Waals surface area contributed by atoms with Gasteiger partial charge in [0.25, 0.3) is 0 Å². The van der Waals surface area contributed by atoms with Crippen LogP contribution in [-0.4, -0.2) is 98.7 Å². The SMILES string of the molecule is CCNC(=NCCc1ccc(F)cc1Cl)N1CCN(CC(=O)N2CCOCC2)CC1.I. The second-order valence-corrected chi connectivity index (χ2v) is 7.88. The molecule has 10 heteroatoms. The van der Waals surface area contributed by atoms with E-state index in [0.29, 0.717) is 50.8 Å². The Labute approximate surface area is 206 Å². The molecule has 0 atom stereocenters. The largest absolute Gasteiger partial charge is 0.378 e. The van der Waals surface area contributed by atoms with Gasteiger partial charge in [0.1, 0.15) is 5.82 Å². The summed E-state index contributed by atoms with van der Waals surface area (Å²) in [4.78, 5) is 23.5. The number of halogens is 3. The third-order valence-electron chi connectivity index (χ3n) is 5.39. The number of benzene rings is 1. The van der Waals surface area contributed by atoms with Crippen LogP contribution in [0.15, 0.2) is 23.2 Å². The first-order valence-corrected chi connectivity index (χ1v) is 11.0. The molecule has 174 valence electrons. The molecule has 0 bridgehead atoms. The number of carbonyl (C=O) groups excluding carboxylic acids is 1. The lowest BCUT2D eigenvalue weighted by Gasteiger charge is -2.37. The van der Waals surface area contributed by atoms with Crippen molar-refractivity contribution in [2.75, 3.05) is 72.1 Å². The highest BCUT2D eigenvalue weighted by Gasteiger charge is 2.24. The van der Waals surface area contributed by atoms with E-state index >= 15 is 0 Å². The minimum atomic E-state index is -0.328. The second-order valence-electron chi connectivity index (χ2n) is 7.48. The number of carbonyl (C=O) groups is 1. The Morgan fingerprint density at radius 1 is 1.16 bits per heavy atom. The van der Waals surface area contributed by atoms with Crippen molar-refractivity contribution in [3.63, 3.8) is 0 Å². The van der Waals surface area contributed by atoms with Crippen molar-refractivity contribution >= 4 is 47.4 Å². The van der Waals surface area contributed by atoms with Crippen LogP contribution in [0.1, 0.15) is 12.5 Å². The van der Waals surface area contributed by atoms with E-state index in [2.05, 4.69) is 15.1 Å². The van der Waals surface area contributed by atoms with Gasteiger partial charge in [-0.25, -0.2) is 4.39 Å². The highest BCUT2D eigenvalue weighted by atomic mass is 127. The van der Waals surface area contributed by atoms with Gasteiger partial charge in [0.2, 0.25) is 5.91 Å². The van der Waals surface area contributed by atoms with Crippen molar-refractivity contribution in [1.29, 1.82) is 0 Å². The Balaban J connectivity index is 0.00000341. The van der Waals surface area contributed by atoms with Crippen LogP contribution in [0.5, 0.6) is 0 Å². The Hall–Kier alpha value is -1.17. The quantitative estimate of drug-likeness (QED) is 0.324. The van der Waals surface area contributed by atoms with E-state index in [4.69, 9.17) is 21.3 Å². The molecular weight excluding hydrogens is 536 g/mol. The zero-order valence-electron chi connectivity index (χ0n) is 18.0. The molecule has 0 radical (unpaired) electrons. The summed E-state index contributed by atoms with van der Waals surface area (Å²) in [5, 5.41) is 3.78. The lowest BCUT2D eigenvalue weighted by molar-refractivity contribution is -0.136. The van der Waals surface area contributed by atoms with Crippen LogP contribution in [-0.2, 0) is 16.0 Å². The molecule has 1 aromatic rings. The van der Waals surface area contributed by atoms with Crippen LogP contribution in [0, 0.1) is 5.82 Å². The molecule has 0 aliphatic carbocycles. The molecule has 2 saturated heterocycles. The number of nitrogens with one attached hydrogen (secondary N) is 1. The number of ether oxygens (including phenoxy) is 1. The zero-order chi connectivity index (χ0) is 21.3. The Morgan fingerprint density at radius 2 is 1.87 bits per heavy atom. The number of hydrogen-bond acceptors (Lipinski definition) is 4. The van der Waals surface area contributed by atoms with Crippen LogP contribution in [0.4, 0.5) is 4.39 Å². The standard InChI is InChI=1S/C21H31ClFN5O2.HI/c1-2-24-21(25-6-5-17-3-4-18(23)15-19(17)22)28-9-7-26(8-10-28)16-20(29)27-11-13-30-14-12-27;/h3-4,15H,2,5-14,16H2,1H3,(H,24,25);1H. The number of morpholine rings is 1. The van der Waals surface area contributed by atoms with E-state index in [1.165, 1.54) is 12.1 Å². The lowest BCUT2D eigenvalue weighted by atomic mass is 10.1. The molecule has 1 N–H and O–H groups in total. The molecule has 0 spiro atoms. The molecule has 0 aromatic heterocycles. The van der Waals surface area contributed by atoms with Gasteiger partial charge in [0, 0.05) is 57.4 Å². The molecule has 1 aromatic carbocycles. The van der Waals surface area contributed by atoms with Gasteiger partial charge in [0.05, 0.1) is 19.8 Å². The molecule has 7 nitrogen and oxygen atoms in total. The molecule has 2 heterocycles. The van der Waals surface area contributed by atoms with E-state index in [1.54, 1.807) is 6.07 Å². The van der Waals surface area contributed by atoms with E-state index in [0.717, 1.165) is 44.2 Å². The number of piperazine rings is 1. The fourth-order valence-electron chi connectivity index (χ4n) is 3.65. The summed E-state index contributed by atoms with van der Waals surface area (Å²) >= 11 is 6.11. The molecule has 2 aliphatic heterocycles. The predicted octanol–water partition coefficient (Wildman–Crippen LogP) is 2.08. The minimum absolute atomic E-state index is 0. The average Bonchev–Trinajstić information content (AvgIpc) is 2.76. The smallest absolute Gasteiger partial charge is 0.236 e. The molecule has 0 unspecified atom stereocenters. The fourth-order valence-corrected chi connectivity index (χ4v) is 3.92. The number of guanidine groups is 1. The summed E-state index contributed by atoms with van der Waals surface area (Å²) in [6, 6.07) is 4.47. The van der Waals surface area contributed by atoms with Gasteiger partial charge in [-0.3, -0.25) is 14.7 Å². The summed E-state index contributed by atoms with van der Waals surface area (Å²) in [6.45, 7) is 9.79. The van der Waals surface area contributed by atoms with E-state index in [1.807, 2.05) is 11.8 Å². The van der Waals surface area contributed by atoms with Crippen LogP contribution in [0.25, 0.3) is 0 Å². The number of aliphatic imine (C=N–C) groups is 1.